The van der Waals surface area contributed by atoms with E-state index in [0.717, 1.165) is 31.2 Å². The van der Waals surface area contributed by atoms with Gasteiger partial charge in [0.05, 0.1) is 6.10 Å². The summed E-state index contributed by atoms with van der Waals surface area (Å²) in [5, 5.41) is 10.3. The Labute approximate surface area is 90.3 Å². The van der Waals surface area contributed by atoms with E-state index in [-0.39, 0.29) is 0 Å². The highest BCUT2D eigenvalue weighted by Crippen LogP contribution is 2.35. The van der Waals surface area contributed by atoms with Gasteiger partial charge in [-0.15, -0.1) is 0 Å². The Kier molecular flexibility index (Phi) is 3.03. The molecule has 0 spiro atoms. The van der Waals surface area contributed by atoms with E-state index in [1.807, 2.05) is 12.1 Å². The van der Waals surface area contributed by atoms with Crippen molar-refractivity contribution in [3.8, 4) is 0 Å². The highest BCUT2D eigenvalue weighted by atomic mass is 16.3. The molecule has 82 valence electrons. The lowest BCUT2D eigenvalue weighted by molar-refractivity contribution is 0.0586. The van der Waals surface area contributed by atoms with Gasteiger partial charge in [-0.3, -0.25) is 4.98 Å². The van der Waals surface area contributed by atoms with Crippen LogP contribution < -0.4 is 5.73 Å². The fourth-order valence-electron chi connectivity index (χ4n) is 2.36. The lowest BCUT2D eigenvalue weighted by Crippen LogP contribution is -2.47. The number of nitrogens with two attached hydrogens (primary N) is 1. The first kappa shape index (κ1) is 10.6. The summed E-state index contributed by atoms with van der Waals surface area (Å²) >= 11 is 0. The van der Waals surface area contributed by atoms with E-state index < -0.39 is 11.6 Å². The highest BCUT2D eigenvalue weighted by Gasteiger charge is 2.35. The zero-order valence-corrected chi connectivity index (χ0v) is 8.89. The third-order valence-corrected chi connectivity index (χ3v) is 3.35. The van der Waals surface area contributed by atoms with Gasteiger partial charge in [0.1, 0.15) is 0 Å². The van der Waals surface area contributed by atoms with Gasteiger partial charge in [-0.2, -0.15) is 0 Å². The van der Waals surface area contributed by atoms with Crippen molar-refractivity contribution in [2.45, 2.75) is 43.7 Å². The molecule has 1 heterocycles. The van der Waals surface area contributed by atoms with Crippen LogP contribution in [0.2, 0.25) is 0 Å². The van der Waals surface area contributed by atoms with Crippen molar-refractivity contribution < 1.29 is 5.11 Å². The number of rotatable bonds is 2. The number of aliphatic hydroxyl groups excluding tert-OH is 1. The molecule has 1 saturated carbocycles. The standard InChI is InChI=1S/C12H18N2O/c13-12(6-2-1-3-7-12)11(15)10-4-8-14-9-5-10/h4-5,8-9,11,15H,1-3,6-7,13H2. The second-order valence-corrected chi connectivity index (χ2v) is 4.48. The van der Waals surface area contributed by atoms with Gasteiger partial charge < -0.3 is 10.8 Å². The van der Waals surface area contributed by atoms with E-state index >= 15 is 0 Å². The molecule has 1 aromatic heterocycles. The SMILES string of the molecule is NC1(C(O)c2ccncc2)CCCCC1. The quantitative estimate of drug-likeness (QED) is 0.775. The Balaban J connectivity index is 2.16. The van der Waals surface area contributed by atoms with Crippen LogP contribution in [0.4, 0.5) is 0 Å². The van der Waals surface area contributed by atoms with Crippen LogP contribution in [0.15, 0.2) is 24.5 Å². The number of hydrogen-bond donors (Lipinski definition) is 2. The van der Waals surface area contributed by atoms with Gasteiger partial charge in [0, 0.05) is 17.9 Å². The number of hydrogen-bond acceptors (Lipinski definition) is 3. The summed E-state index contributed by atoms with van der Waals surface area (Å²) in [6.07, 6.45) is 8.16. The second-order valence-electron chi connectivity index (χ2n) is 4.48. The smallest absolute Gasteiger partial charge is 0.0970 e. The van der Waals surface area contributed by atoms with E-state index in [1.165, 1.54) is 6.42 Å². The molecule has 1 aromatic rings. The number of aromatic nitrogens is 1. The van der Waals surface area contributed by atoms with Crippen LogP contribution in [-0.2, 0) is 0 Å². The number of aliphatic hydroxyl groups is 1. The average molecular weight is 206 g/mol. The predicted molar refractivity (Wildman–Crippen MR) is 59.2 cm³/mol. The van der Waals surface area contributed by atoms with Crippen molar-refractivity contribution in [1.82, 2.24) is 4.98 Å². The van der Waals surface area contributed by atoms with E-state index in [4.69, 9.17) is 5.73 Å². The lowest BCUT2D eigenvalue weighted by Gasteiger charge is -2.37. The van der Waals surface area contributed by atoms with E-state index in [0.29, 0.717) is 0 Å². The molecule has 0 aromatic carbocycles. The zero-order valence-electron chi connectivity index (χ0n) is 8.89. The van der Waals surface area contributed by atoms with Crippen molar-refractivity contribution >= 4 is 0 Å². The molecule has 0 aliphatic heterocycles. The highest BCUT2D eigenvalue weighted by molar-refractivity contribution is 5.18. The molecule has 1 atom stereocenters. The summed E-state index contributed by atoms with van der Waals surface area (Å²) in [5.41, 5.74) is 6.72. The van der Waals surface area contributed by atoms with Crippen molar-refractivity contribution in [2.24, 2.45) is 5.73 Å². The van der Waals surface area contributed by atoms with Gasteiger partial charge in [-0.25, -0.2) is 0 Å². The van der Waals surface area contributed by atoms with Crippen LogP contribution in [-0.4, -0.2) is 15.6 Å². The van der Waals surface area contributed by atoms with Gasteiger partial charge >= 0.3 is 0 Å². The summed E-state index contributed by atoms with van der Waals surface area (Å²) in [4.78, 5) is 3.94. The predicted octanol–water partition coefficient (Wildman–Crippen LogP) is 1.78. The normalized spacial score (nSPS) is 22.3. The monoisotopic (exact) mass is 206 g/mol. The first-order valence-electron chi connectivity index (χ1n) is 5.59. The molecule has 3 N–H and O–H groups in total. The minimum Gasteiger partial charge on any atom is -0.386 e. The minimum atomic E-state index is -0.555. The van der Waals surface area contributed by atoms with Crippen LogP contribution in [0.3, 0.4) is 0 Å². The van der Waals surface area contributed by atoms with Crippen molar-refractivity contribution in [3.05, 3.63) is 30.1 Å². The molecule has 2 rings (SSSR count). The minimum absolute atomic E-state index is 0.431. The Hall–Kier alpha value is -0.930. The van der Waals surface area contributed by atoms with Gasteiger partial charge in [0.2, 0.25) is 0 Å². The van der Waals surface area contributed by atoms with Gasteiger partial charge in [0.25, 0.3) is 0 Å². The molecule has 3 heteroatoms. The van der Waals surface area contributed by atoms with Gasteiger partial charge in [-0.05, 0) is 30.5 Å². The number of pyridine rings is 1. The molecule has 0 amide bonds. The molecule has 1 aliphatic rings. The van der Waals surface area contributed by atoms with E-state index in [2.05, 4.69) is 4.98 Å². The molecular formula is C12H18N2O. The summed E-state index contributed by atoms with van der Waals surface area (Å²) < 4.78 is 0. The molecule has 15 heavy (non-hydrogen) atoms. The first-order valence-corrected chi connectivity index (χ1v) is 5.59. The van der Waals surface area contributed by atoms with E-state index in [1.54, 1.807) is 12.4 Å². The Bertz CT molecular complexity index is 307. The van der Waals surface area contributed by atoms with Crippen LogP contribution in [0.25, 0.3) is 0 Å². The van der Waals surface area contributed by atoms with E-state index in [9.17, 15) is 5.11 Å². The molecule has 0 bridgehead atoms. The third-order valence-electron chi connectivity index (χ3n) is 3.35. The lowest BCUT2D eigenvalue weighted by atomic mass is 9.76. The Morgan fingerprint density at radius 1 is 1.20 bits per heavy atom. The summed E-state index contributed by atoms with van der Waals surface area (Å²) in [5.74, 6) is 0. The van der Waals surface area contributed by atoms with Gasteiger partial charge in [0.15, 0.2) is 0 Å². The molecule has 3 nitrogen and oxygen atoms in total. The summed E-state index contributed by atoms with van der Waals surface area (Å²) in [6.45, 7) is 0. The third kappa shape index (κ3) is 2.19. The van der Waals surface area contributed by atoms with Crippen LogP contribution in [0, 0.1) is 0 Å². The van der Waals surface area contributed by atoms with Crippen molar-refractivity contribution in [3.63, 3.8) is 0 Å². The fraction of sp³-hybridized carbons (Fsp3) is 0.583. The largest absolute Gasteiger partial charge is 0.386 e. The zero-order chi connectivity index (χ0) is 10.7. The Morgan fingerprint density at radius 3 is 2.40 bits per heavy atom. The second kappa shape index (κ2) is 4.29. The van der Waals surface area contributed by atoms with Crippen molar-refractivity contribution in [1.29, 1.82) is 0 Å². The molecule has 1 unspecified atom stereocenters. The summed E-state index contributed by atoms with van der Waals surface area (Å²) in [7, 11) is 0. The maximum atomic E-state index is 10.3. The molecule has 0 radical (unpaired) electrons. The van der Waals surface area contributed by atoms with Gasteiger partial charge in [-0.1, -0.05) is 19.3 Å². The first-order chi connectivity index (χ1) is 7.22. The maximum Gasteiger partial charge on any atom is 0.0970 e. The molecular weight excluding hydrogens is 188 g/mol. The topological polar surface area (TPSA) is 59.1 Å². The summed E-state index contributed by atoms with van der Waals surface area (Å²) in [6, 6.07) is 3.68. The molecule has 1 aliphatic carbocycles. The van der Waals surface area contributed by atoms with Crippen LogP contribution >= 0.6 is 0 Å². The average Bonchev–Trinajstić information content (AvgIpc) is 2.30. The molecule has 0 saturated heterocycles. The Morgan fingerprint density at radius 2 is 1.80 bits per heavy atom. The van der Waals surface area contributed by atoms with Crippen LogP contribution in [0.1, 0.15) is 43.8 Å². The molecule has 1 fully saturated rings. The fourth-order valence-corrected chi connectivity index (χ4v) is 2.36. The van der Waals surface area contributed by atoms with Crippen molar-refractivity contribution in [2.75, 3.05) is 0 Å². The van der Waals surface area contributed by atoms with Crippen LogP contribution in [0.5, 0.6) is 0 Å². The maximum absolute atomic E-state index is 10.3. The number of nitrogens with zero attached hydrogens (tertiary/aromatic N) is 1.